The third-order valence-corrected chi connectivity index (χ3v) is 3.20. The van der Waals surface area contributed by atoms with Gasteiger partial charge in [0.15, 0.2) is 0 Å². The van der Waals surface area contributed by atoms with Crippen LogP contribution in [-0.4, -0.2) is 11.0 Å². The van der Waals surface area contributed by atoms with Crippen molar-refractivity contribution >= 4 is 11.5 Å². The molecule has 1 aromatic carbocycles. The number of aryl methyl sites for hydroxylation is 1. The zero-order chi connectivity index (χ0) is 14.4. The summed E-state index contributed by atoms with van der Waals surface area (Å²) in [4.78, 5) is 3.93. The van der Waals surface area contributed by atoms with Crippen LogP contribution in [0.4, 0.5) is 11.5 Å². The number of rotatable bonds is 5. The maximum Gasteiger partial charge on any atom is 0.143 e. The highest BCUT2D eigenvalue weighted by Gasteiger charge is 2.09. The van der Waals surface area contributed by atoms with Gasteiger partial charge >= 0.3 is 0 Å². The van der Waals surface area contributed by atoms with E-state index in [1.807, 2.05) is 18.2 Å². The average molecular weight is 266 g/mol. The van der Waals surface area contributed by atoms with Crippen LogP contribution in [0.1, 0.15) is 24.5 Å². The molecule has 4 heteroatoms. The molecular weight excluding hydrogens is 248 g/mol. The van der Waals surface area contributed by atoms with E-state index in [2.05, 4.69) is 35.4 Å². The summed E-state index contributed by atoms with van der Waals surface area (Å²) in [6, 6.07) is 14.5. The molecule has 2 aromatic rings. The molecule has 1 aromatic heterocycles. The van der Waals surface area contributed by atoms with Gasteiger partial charge in [0, 0.05) is 12.2 Å². The predicted octanol–water partition coefficient (Wildman–Crippen LogP) is 2.97. The van der Waals surface area contributed by atoms with Gasteiger partial charge in [0.2, 0.25) is 0 Å². The number of benzene rings is 1. The number of nitriles is 1. The Morgan fingerprint density at radius 3 is 2.75 bits per heavy atom. The van der Waals surface area contributed by atoms with Crippen molar-refractivity contribution in [3.8, 4) is 6.07 Å². The molecule has 0 amide bonds. The summed E-state index contributed by atoms with van der Waals surface area (Å²) in [6.45, 7) is 2.10. The molecule has 0 bridgehead atoms. The van der Waals surface area contributed by atoms with E-state index >= 15 is 0 Å². The number of nitrogens with zero attached hydrogens (tertiary/aromatic N) is 2. The maximum atomic E-state index is 9.11. The largest absolute Gasteiger partial charge is 0.383 e. The second-order valence-electron chi connectivity index (χ2n) is 4.80. The Labute approximate surface area is 119 Å². The molecule has 1 atom stereocenters. The number of anilines is 2. The molecule has 0 spiro atoms. The van der Waals surface area contributed by atoms with Gasteiger partial charge in [0.25, 0.3) is 0 Å². The molecule has 3 N–H and O–H groups in total. The normalized spacial score (nSPS) is 11.6. The van der Waals surface area contributed by atoms with Crippen LogP contribution in [0, 0.1) is 11.3 Å². The lowest BCUT2D eigenvalue weighted by atomic mass is 10.1. The van der Waals surface area contributed by atoms with Crippen LogP contribution in [0.5, 0.6) is 0 Å². The second kappa shape index (κ2) is 6.58. The van der Waals surface area contributed by atoms with Gasteiger partial charge in [0.1, 0.15) is 17.5 Å². The number of nitrogens with two attached hydrogens (primary N) is 1. The molecular formula is C16H18N4. The Kier molecular flexibility index (Phi) is 4.56. The van der Waals surface area contributed by atoms with E-state index in [-0.39, 0.29) is 11.9 Å². The summed E-state index contributed by atoms with van der Waals surface area (Å²) < 4.78 is 0. The van der Waals surface area contributed by atoms with Crippen LogP contribution in [-0.2, 0) is 6.42 Å². The number of nitrogen functional groups attached to an aromatic ring is 1. The topological polar surface area (TPSA) is 74.7 Å². The fraction of sp³-hybridized carbons (Fsp3) is 0.250. The summed E-state index contributed by atoms with van der Waals surface area (Å²) in [7, 11) is 0. The lowest BCUT2D eigenvalue weighted by Gasteiger charge is -2.16. The van der Waals surface area contributed by atoms with Crippen molar-refractivity contribution < 1.29 is 0 Å². The van der Waals surface area contributed by atoms with Gasteiger partial charge in [-0.15, -0.1) is 0 Å². The van der Waals surface area contributed by atoms with Crippen molar-refractivity contribution in [3.63, 3.8) is 0 Å². The molecule has 1 unspecified atom stereocenters. The first-order valence-corrected chi connectivity index (χ1v) is 6.65. The van der Waals surface area contributed by atoms with Crippen LogP contribution in [0.3, 0.4) is 0 Å². The fourth-order valence-electron chi connectivity index (χ4n) is 2.08. The minimum atomic E-state index is 0.254. The number of hydrogen-bond donors (Lipinski definition) is 2. The lowest BCUT2D eigenvalue weighted by Crippen LogP contribution is -2.17. The van der Waals surface area contributed by atoms with Crippen LogP contribution < -0.4 is 11.1 Å². The van der Waals surface area contributed by atoms with Gasteiger partial charge in [0.05, 0.1) is 5.69 Å². The number of aromatic nitrogens is 1. The van der Waals surface area contributed by atoms with E-state index in [1.165, 1.54) is 5.56 Å². The molecule has 102 valence electrons. The summed E-state index contributed by atoms with van der Waals surface area (Å²) in [5, 5.41) is 12.4. The first kappa shape index (κ1) is 13.9. The highest BCUT2D eigenvalue weighted by atomic mass is 14.9. The number of pyridine rings is 1. The maximum absolute atomic E-state index is 9.11. The van der Waals surface area contributed by atoms with E-state index in [0.29, 0.717) is 5.56 Å². The minimum absolute atomic E-state index is 0.254. The van der Waals surface area contributed by atoms with Crippen molar-refractivity contribution in [1.29, 1.82) is 5.26 Å². The van der Waals surface area contributed by atoms with Crippen molar-refractivity contribution in [2.45, 2.75) is 25.8 Å². The highest BCUT2D eigenvalue weighted by molar-refractivity contribution is 5.66. The number of hydrogen-bond acceptors (Lipinski definition) is 4. The van der Waals surface area contributed by atoms with Crippen LogP contribution in [0.25, 0.3) is 0 Å². The molecule has 4 nitrogen and oxygen atoms in total. The van der Waals surface area contributed by atoms with E-state index < -0.39 is 0 Å². The van der Waals surface area contributed by atoms with E-state index in [0.717, 1.165) is 18.5 Å². The van der Waals surface area contributed by atoms with Gasteiger partial charge < -0.3 is 11.1 Å². The molecule has 2 rings (SSSR count). The fourth-order valence-corrected chi connectivity index (χ4v) is 2.08. The van der Waals surface area contributed by atoms with Gasteiger partial charge in [-0.05, 0) is 31.4 Å². The summed E-state index contributed by atoms with van der Waals surface area (Å²) >= 11 is 0. The predicted molar refractivity (Wildman–Crippen MR) is 81.2 cm³/mol. The van der Waals surface area contributed by atoms with E-state index in [9.17, 15) is 0 Å². The van der Waals surface area contributed by atoms with E-state index in [4.69, 9.17) is 11.0 Å². The standard InChI is InChI=1S/C16H18N4/c1-12(7-8-13-5-3-2-4-6-13)20-15-9-10-19-16(18)14(15)11-17/h2-6,9-10,12H,7-8H2,1H3,(H3,18,19,20). The third-order valence-electron chi connectivity index (χ3n) is 3.20. The van der Waals surface area contributed by atoms with E-state index in [1.54, 1.807) is 12.3 Å². The molecule has 0 radical (unpaired) electrons. The monoisotopic (exact) mass is 266 g/mol. The summed E-state index contributed by atoms with van der Waals surface area (Å²) in [5.74, 6) is 0.271. The lowest BCUT2D eigenvalue weighted by molar-refractivity contribution is 0.706. The Bertz CT molecular complexity index is 602. The first-order chi connectivity index (χ1) is 9.70. The zero-order valence-electron chi connectivity index (χ0n) is 11.5. The summed E-state index contributed by atoms with van der Waals surface area (Å²) in [5.41, 5.74) is 8.18. The Balaban J connectivity index is 1.97. The molecule has 0 saturated heterocycles. The van der Waals surface area contributed by atoms with Gasteiger partial charge in [-0.1, -0.05) is 30.3 Å². The molecule has 0 aliphatic carbocycles. The average Bonchev–Trinajstić information content (AvgIpc) is 2.46. The molecule has 0 saturated carbocycles. The van der Waals surface area contributed by atoms with Crippen molar-refractivity contribution in [2.24, 2.45) is 0 Å². The molecule has 1 heterocycles. The zero-order valence-corrected chi connectivity index (χ0v) is 11.5. The van der Waals surface area contributed by atoms with Crippen molar-refractivity contribution in [2.75, 3.05) is 11.1 Å². The molecule has 0 aliphatic rings. The highest BCUT2D eigenvalue weighted by Crippen LogP contribution is 2.20. The van der Waals surface area contributed by atoms with Crippen LogP contribution in [0.15, 0.2) is 42.6 Å². The van der Waals surface area contributed by atoms with Gasteiger partial charge in [-0.3, -0.25) is 0 Å². The first-order valence-electron chi connectivity index (χ1n) is 6.65. The molecule has 20 heavy (non-hydrogen) atoms. The third kappa shape index (κ3) is 3.48. The SMILES string of the molecule is CC(CCc1ccccc1)Nc1ccnc(N)c1C#N. The quantitative estimate of drug-likeness (QED) is 0.872. The van der Waals surface area contributed by atoms with Crippen molar-refractivity contribution in [1.82, 2.24) is 4.98 Å². The van der Waals surface area contributed by atoms with Crippen molar-refractivity contribution in [3.05, 3.63) is 53.7 Å². The molecule has 0 aliphatic heterocycles. The smallest absolute Gasteiger partial charge is 0.143 e. The van der Waals surface area contributed by atoms with Gasteiger partial charge in [-0.25, -0.2) is 4.98 Å². The van der Waals surface area contributed by atoms with Crippen LogP contribution >= 0.6 is 0 Å². The number of nitrogens with one attached hydrogen (secondary N) is 1. The van der Waals surface area contributed by atoms with Crippen LogP contribution in [0.2, 0.25) is 0 Å². The minimum Gasteiger partial charge on any atom is -0.383 e. The second-order valence-corrected chi connectivity index (χ2v) is 4.80. The Morgan fingerprint density at radius 1 is 1.30 bits per heavy atom. The molecule has 0 fully saturated rings. The summed E-state index contributed by atoms with van der Waals surface area (Å²) in [6.07, 6.45) is 3.59. The Morgan fingerprint density at radius 2 is 2.05 bits per heavy atom. The Hall–Kier alpha value is -2.54. The van der Waals surface area contributed by atoms with Gasteiger partial charge in [-0.2, -0.15) is 5.26 Å².